The van der Waals surface area contributed by atoms with Gasteiger partial charge in [0.05, 0.1) is 0 Å². The van der Waals surface area contributed by atoms with Gasteiger partial charge in [0.15, 0.2) is 0 Å². The van der Waals surface area contributed by atoms with Gasteiger partial charge in [0.25, 0.3) is 0 Å². The topological polar surface area (TPSA) is 32.3 Å². The van der Waals surface area contributed by atoms with Crippen molar-refractivity contribution < 1.29 is 4.79 Å². The molecule has 0 heterocycles. The number of nitrogens with one attached hydrogen (secondary N) is 1. The van der Waals surface area contributed by atoms with Gasteiger partial charge in [-0.2, -0.15) is 0 Å². The smallest absolute Gasteiger partial charge is 0.220 e. The average Bonchev–Trinajstić information content (AvgIpc) is 2.22. The highest BCUT2D eigenvalue weighted by atomic mass is 16.1. The lowest BCUT2D eigenvalue weighted by molar-refractivity contribution is -0.121. The molecule has 0 unspecified atom stereocenters. The molecule has 0 spiro atoms. The summed E-state index contributed by atoms with van der Waals surface area (Å²) in [6, 6.07) is 0. The first-order valence-electron chi connectivity index (χ1n) is 6.23. The van der Waals surface area contributed by atoms with Gasteiger partial charge >= 0.3 is 0 Å². The Balaban J connectivity index is 3.30. The monoisotopic (exact) mass is 226 g/mol. The Kier molecular flexibility index (Phi) is 10.1. The van der Waals surface area contributed by atoms with Crippen LogP contribution in [0.3, 0.4) is 0 Å². The van der Waals surface area contributed by atoms with Crippen LogP contribution in [0.15, 0.2) is 12.2 Å². The molecule has 1 N–H and O–H groups in total. The summed E-state index contributed by atoms with van der Waals surface area (Å²) >= 11 is 0. The van der Waals surface area contributed by atoms with E-state index >= 15 is 0 Å². The van der Waals surface area contributed by atoms with Crippen LogP contribution < -0.4 is 5.32 Å². The molecule has 0 aromatic rings. The van der Waals surface area contributed by atoms with E-state index in [0.717, 1.165) is 32.4 Å². The molecule has 0 saturated heterocycles. The van der Waals surface area contributed by atoms with Crippen LogP contribution in [0.5, 0.6) is 0 Å². The molecule has 0 aliphatic heterocycles. The third-order valence-corrected chi connectivity index (χ3v) is 2.28. The molecule has 0 aliphatic carbocycles. The molecule has 0 saturated carbocycles. The van der Waals surface area contributed by atoms with E-state index in [1.165, 1.54) is 6.42 Å². The van der Waals surface area contributed by atoms with E-state index in [1.54, 1.807) is 0 Å². The number of allylic oxidation sites excluding steroid dienone is 2. The minimum absolute atomic E-state index is 0.172. The van der Waals surface area contributed by atoms with E-state index < -0.39 is 0 Å². The van der Waals surface area contributed by atoms with E-state index in [-0.39, 0.29) is 5.91 Å². The Morgan fingerprint density at radius 1 is 1.25 bits per heavy atom. The third-order valence-electron chi connectivity index (χ3n) is 2.28. The fourth-order valence-electron chi connectivity index (χ4n) is 1.29. The van der Waals surface area contributed by atoms with Crippen molar-refractivity contribution in [3.05, 3.63) is 12.2 Å². The lowest BCUT2D eigenvalue weighted by atomic mass is 10.2. The van der Waals surface area contributed by atoms with Gasteiger partial charge < -0.3 is 10.2 Å². The molecular formula is C13H26N2O. The number of hydrogen-bond acceptors (Lipinski definition) is 2. The van der Waals surface area contributed by atoms with Crippen molar-refractivity contribution in [3.63, 3.8) is 0 Å². The number of carbonyl (C=O) groups excluding carboxylic acids is 1. The second-order valence-corrected chi connectivity index (χ2v) is 4.31. The molecule has 0 fully saturated rings. The standard InChI is InChI=1S/C13H26N2O/c1-4-5-6-7-8-9-10-13(16)14-11-12-15(2)3/h6-7H,4-5,8-12H2,1-3H3,(H,14,16)/b7-6+. The molecule has 0 radical (unpaired) electrons. The van der Waals surface area contributed by atoms with Crippen molar-refractivity contribution in [2.75, 3.05) is 27.2 Å². The number of nitrogens with zero attached hydrogens (tertiary/aromatic N) is 1. The van der Waals surface area contributed by atoms with Gasteiger partial charge in [-0.1, -0.05) is 25.5 Å². The van der Waals surface area contributed by atoms with Crippen molar-refractivity contribution in [3.8, 4) is 0 Å². The van der Waals surface area contributed by atoms with Crippen LogP contribution >= 0.6 is 0 Å². The summed E-state index contributed by atoms with van der Waals surface area (Å²) in [5.41, 5.74) is 0. The highest BCUT2D eigenvalue weighted by molar-refractivity contribution is 5.75. The molecule has 0 aromatic carbocycles. The summed E-state index contributed by atoms with van der Waals surface area (Å²) in [5.74, 6) is 0.172. The molecular weight excluding hydrogens is 200 g/mol. The molecule has 0 atom stereocenters. The highest BCUT2D eigenvalue weighted by Crippen LogP contribution is 1.98. The molecule has 1 amide bonds. The van der Waals surface area contributed by atoms with Gasteiger partial charge in [0, 0.05) is 19.5 Å². The average molecular weight is 226 g/mol. The Morgan fingerprint density at radius 2 is 1.94 bits per heavy atom. The fraction of sp³-hybridized carbons (Fsp3) is 0.769. The zero-order valence-corrected chi connectivity index (χ0v) is 11.0. The first-order valence-corrected chi connectivity index (χ1v) is 6.23. The van der Waals surface area contributed by atoms with Crippen molar-refractivity contribution in [2.45, 2.75) is 39.0 Å². The number of unbranched alkanes of at least 4 members (excludes halogenated alkanes) is 2. The van der Waals surface area contributed by atoms with E-state index in [1.807, 2.05) is 14.1 Å². The maximum atomic E-state index is 11.4. The van der Waals surface area contributed by atoms with E-state index in [9.17, 15) is 4.79 Å². The van der Waals surface area contributed by atoms with Crippen molar-refractivity contribution in [1.82, 2.24) is 10.2 Å². The second-order valence-electron chi connectivity index (χ2n) is 4.31. The third kappa shape index (κ3) is 11.2. The Hall–Kier alpha value is -0.830. The number of rotatable bonds is 9. The van der Waals surface area contributed by atoms with Crippen LogP contribution in [0.25, 0.3) is 0 Å². The zero-order chi connectivity index (χ0) is 12.2. The van der Waals surface area contributed by atoms with Crippen LogP contribution in [-0.4, -0.2) is 38.0 Å². The number of carbonyl (C=O) groups is 1. The van der Waals surface area contributed by atoms with E-state index in [4.69, 9.17) is 0 Å². The van der Waals surface area contributed by atoms with Gasteiger partial charge in [-0.15, -0.1) is 0 Å². The molecule has 0 aromatic heterocycles. The van der Waals surface area contributed by atoms with Crippen LogP contribution in [0.4, 0.5) is 0 Å². The zero-order valence-electron chi connectivity index (χ0n) is 11.0. The van der Waals surface area contributed by atoms with E-state index in [0.29, 0.717) is 6.42 Å². The maximum absolute atomic E-state index is 11.4. The molecule has 0 rings (SSSR count). The summed E-state index contributed by atoms with van der Waals surface area (Å²) < 4.78 is 0. The second kappa shape index (κ2) is 10.7. The van der Waals surface area contributed by atoms with Crippen LogP contribution in [0.2, 0.25) is 0 Å². The SMILES string of the molecule is CCC/C=C/CCCC(=O)NCCN(C)C. The molecule has 0 bridgehead atoms. The lowest BCUT2D eigenvalue weighted by Gasteiger charge is -2.09. The number of likely N-dealkylation sites (N-methyl/N-ethyl adjacent to an activating group) is 1. The summed E-state index contributed by atoms with van der Waals surface area (Å²) in [6.45, 7) is 3.82. The predicted octanol–water partition coefficient (Wildman–Crippen LogP) is 2.19. The normalized spacial score (nSPS) is 11.2. The Bertz CT molecular complexity index is 200. The van der Waals surface area contributed by atoms with Gasteiger partial charge in [-0.25, -0.2) is 0 Å². The fourth-order valence-corrected chi connectivity index (χ4v) is 1.29. The lowest BCUT2D eigenvalue weighted by Crippen LogP contribution is -2.31. The first-order chi connectivity index (χ1) is 7.66. The summed E-state index contributed by atoms with van der Waals surface area (Å²) in [4.78, 5) is 13.4. The summed E-state index contributed by atoms with van der Waals surface area (Å²) in [7, 11) is 4.01. The van der Waals surface area contributed by atoms with Crippen LogP contribution in [0.1, 0.15) is 39.0 Å². The Morgan fingerprint density at radius 3 is 2.56 bits per heavy atom. The molecule has 0 aliphatic rings. The molecule has 94 valence electrons. The summed E-state index contributed by atoms with van der Waals surface area (Å²) in [6.07, 6.45) is 9.33. The van der Waals surface area contributed by atoms with Crippen molar-refractivity contribution in [2.24, 2.45) is 0 Å². The van der Waals surface area contributed by atoms with Crippen molar-refractivity contribution >= 4 is 5.91 Å². The molecule has 3 heteroatoms. The van der Waals surface area contributed by atoms with Gasteiger partial charge in [-0.3, -0.25) is 4.79 Å². The first kappa shape index (κ1) is 15.2. The quantitative estimate of drug-likeness (QED) is 0.483. The number of amides is 1. The van der Waals surface area contributed by atoms with Gasteiger partial charge in [0.2, 0.25) is 5.91 Å². The minimum atomic E-state index is 0.172. The molecule has 3 nitrogen and oxygen atoms in total. The maximum Gasteiger partial charge on any atom is 0.220 e. The highest BCUT2D eigenvalue weighted by Gasteiger charge is 1.99. The largest absolute Gasteiger partial charge is 0.355 e. The molecule has 16 heavy (non-hydrogen) atoms. The predicted molar refractivity (Wildman–Crippen MR) is 69.5 cm³/mol. The number of hydrogen-bond donors (Lipinski definition) is 1. The van der Waals surface area contributed by atoms with E-state index in [2.05, 4.69) is 29.3 Å². The minimum Gasteiger partial charge on any atom is -0.355 e. The summed E-state index contributed by atoms with van der Waals surface area (Å²) in [5, 5.41) is 2.91. The van der Waals surface area contributed by atoms with Gasteiger partial charge in [0.1, 0.15) is 0 Å². The van der Waals surface area contributed by atoms with Crippen molar-refractivity contribution in [1.29, 1.82) is 0 Å². The Labute approximate surface area is 99.9 Å². The van der Waals surface area contributed by atoms with Crippen LogP contribution in [-0.2, 0) is 4.79 Å². The van der Waals surface area contributed by atoms with Gasteiger partial charge in [-0.05, 0) is 33.4 Å². The van der Waals surface area contributed by atoms with Crippen LogP contribution in [0, 0.1) is 0 Å².